The van der Waals surface area contributed by atoms with E-state index in [-0.39, 0.29) is 12.5 Å². The van der Waals surface area contributed by atoms with Crippen LogP contribution in [0.3, 0.4) is 0 Å². The Labute approximate surface area is 53.7 Å². The highest BCUT2D eigenvalue weighted by Crippen LogP contribution is 1.77. The molecule has 0 aromatic heterocycles. The standard InChI is InChI=1S/C5H10N2O2/c1-4(9-2)7-5(8)3-6/h3,6H2,1-2H3/b7-4-. The number of nitrogens with zero attached hydrogens (tertiary/aromatic N) is 1. The van der Waals surface area contributed by atoms with E-state index in [0.717, 1.165) is 0 Å². The fourth-order valence-corrected chi connectivity index (χ4v) is 0.267. The van der Waals surface area contributed by atoms with Crippen LogP contribution in [0, 0.1) is 0 Å². The van der Waals surface area contributed by atoms with Crippen molar-refractivity contribution in [3.05, 3.63) is 0 Å². The minimum atomic E-state index is -0.366. The largest absolute Gasteiger partial charge is 0.484 e. The molecule has 0 aliphatic heterocycles. The van der Waals surface area contributed by atoms with Crippen LogP contribution in [0.4, 0.5) is 0 Å². The van der Waals surface area contributed by atoms with Gasteiger partial charge in [-0.25, -0.2) is 0 Å². The predicted octanol–water partition coefficient (Wildman–Crippen LogP) is -0.463. The molecule has 0 fully saturated rings. The summed E-state index contributed by atoms with van der Waals surface area (Å²) in [4.78, 5) is 13.8. The molecule has 0 saturated carbocycles. The van der Waals surface area contributed by atoms with Crippen molar-refractivity contribution >= 4 is 11.8 Å². The first-order valence-corrected chi connectivity index (χ1v) is 2.53. The number of amides is 1. The average molecular weight is 130 g/mol. The van der Waals surface area contributed by atoms with Crippen LogP contribution < -0.4 is 5.73 Å². The van der Waals surface area contributed by atoms with Crippen molar-refractivity contribution in [3.8, 4) is 0 Å². The molecule has 52 valence electrons. The van der Waals surface area contributed by atoms with Gasteiger partial charge in [-0.2, -0.15) is 4.99 Å². The Morgan fingerprint density at radius 1 is 1.78 bits per heavy atom. The molecule has 0 bridgehead atoms. The summed E-state index contributed by atoms with van der Waals surface area (Å²) >= 11 is 0. The Morgan fingerprint density at radius 3 is 2.67 bits per heavy atom. The topological polar surface area (TPSA) is 64.7 Å². The summed E-state index contributed by atoms with van der Waals surface area (Å²) in [5, 5.41) is 0. The lowest BCUT2D eigenvalue weighted by Crippen LogP contribution is -2.12. The highest BCUT2D eigenvalue weighted by Gasteiger charge is 1.93. The Bertz CT molecular complexity index is 131. The molecule has 0 heterocycles. The van der Waals surface area contributed by atoms with Crippen molar-refractivity contribution in [1.82, 2.24) is 0 Å². The maximum Gasteiger partial charge on any atom is 0.262 e. The van der Waals surface area contributed by atoms with Gasteiger partial charge < -0.3 is 10.5 Å². The van der Waals surface area contributed by atoms with Crippen LogP contribution in [-0.4, -0.2) is 25.5 Å². The van der Waals surface area contributed by atoms with Gasteiger partial charge in [0.25, 0.3) is 5.91 Å². The zero-order chi connectivity index (χ0) is 7.28. The van der Waals surface area contributed by atoms with Gasteiger partial charge in [-0.15, -0.1) is 0 Å². The highest BCUT2D eigenvalue weighted by molar-refractivity contribution is 5.91. The van der Waals surface area contributed by atoms with E-state index in [1.54, 1.807) is 6.92 Å². The van der Waals surface area contributed by atoms with E-state index in [1.165, 1.54) is 7.11 Å². The molecule has 0 unspecified atom stereocenters. The summed E-state index contributed by atoms with van der Waals surface area (Å²) in [5.74, 6) is -0.0280. The highest BCUT2D eigenvalue weighted by atomic mass is 16.5. The van der Waals surface area contributed by atoms with Gasteiger partial charge in [0.1, 0.15) is 0 Å². The van der Waals surface area contributed by atoms with E-state index in [1.807, 2.05) is 0 Å². The van der Waals surface area contributed by atoms with Gasteiger partial charge in [0.15, 0.2) is 5.90 Å². The van der Waals surface area contributed by atoms with E-state index in [9.17, 15) is 4.79 Å². The fourth-order valence-electron chi connectivity index (χ4n) is 0.267. The van der Waals surface area contributed by atoms with Crippen molar-refractivity contribution in [2.45, 2.75) is 6.92 Å². The number of aliphatic imine (C=N–C) groups is 1. The van der Waals surface area contributed by atoms with Gasteiger partial charge in [-0.05, 0) is 0 Å². The maximum atomic E-state index is 10.4. The summed E-state index contributed by atoms with van der Waals surface area (Å²) in [5.41, 5.74) is 4.96. The molecule has 0 radical (unpaired) electrons. The molecule has 0 aromatic rings. The lowest BCUT2D eigenvalue weighted by Gasteiger charge is -1.93. The van der Waals surface area contributed by atoms with Gasteiger partial charge >= 0.3 is 0 Å². The van der Waals surface area contributed by atoms with Gasteiger partial charge in [0, 0.05) is 6.92 Å². The smallest absolute Gasteiger partial charge is 0.262 e. The van der Waals surface area contributed by atoms with E-state index in [0.29, 0.717) is 5.90 Å². The summed E-state index contributed by atoms with van der Waals surface area (Å²) in [7, 11) is 1.45. The Balaban J connectivity index is 3.79. The van der Waals surface area contributed by atoms with Crippen LogP contribution in [0.2, 0.25) is 0 Å². The monoisotopic (exact) mass is 130 g/mol. The third kappa shape index (κ3) is 3.66. The second-order valence-electron chi connectivity index (χ2n) is 1.43. The normalized spacial score (nSPS) is 11.2. The summed E-state index contributed by atoms with van der Waals surface area (Å²) in [6.07, 6.45) is 0. The maximum absolute atomic E-state index is 10.4. The molecule has 0 saturated heterocycles. The van der Waals surface area contributed by atoms with Crippen LogP contribution in [-0.2, 0) is 9.53 Å². The van der Waals surface area contributed by atoms with Crippen molar-refractivity contribution < 1.29 is 9.53 Å². The molecule has 2 N–H and O–H groups in total. The molecule has 0 spiro atoms. The molecule has 0 atom stereocenters. The number of ether oxygens (including phenoxy) is 1. The number of methoxy groups -OCH3 is 1. The number of hydrogen-bond donors (Lipinski definition) is 1. The number of carbonyl (C=O) groups excluding carboxylic acids is 1. The first kappa shape index (κ1) is 8.10. The summed E-state index contributed by atoms with van der Waals surface area (Å²) < 4.78 is 4.60. The van der Waals surface area contributed by atoms with E-state index in [2.05, 4.69) is 9.73 Å². The van der Waals surface area contributed by atoms with Crippen LogP contribution in [0.15, 0.2) is 4.99 Å². The number of carbonyl (C=O) groups is 1. The lowest BCUT2D eigenvalue weighted by molar-refractivity contribution is -0.116. The second kappa shape index (κ2) is 4.03. The van der Waals surface area contributed by atoms with Gasteiger partial charge in [-0.3, -0.25) is 4.79 Å². The molecule has 1 amide bonds. The van der Waals surface area contributed by atoms with E-state index in [4.69, 9.17) is 5.73 Å². The Kier molecular flexibility index (Phi) is 3.62. The molecule has 0 rings (SSSR count). The molecule has 0 aromatic carbocycles. The van der Waals surface area contributed by atoms with Crippen molar-refractivity contribution in [2.75, 3.05) is 13.7 Å². The molecule has 0 aliphatic rings. The van der Waals surface area contributed by atoms with Gasteiger partial charge in [0.2, 0.25) is 0 Å². The first-order chi connectivity index (χ1) is 4.20. The third-order valence-corrected chi connectivity index (χ3v) is 0.752. The number of hydrogen-bond acceptors (Lipinski definition) is 3. The summed E-state index contributed by atoms with van der Waals surface area (Å²) in [6.45, 7) is 1.52. The zero-order valence-corrected chi connectivity index (χ0v) is 5.55. The van der Waals surface area contributed by atoms with E-state index < -0.39 is 0 Å². The van der Waals surface area contributed by atoms with Gasteiger partial charge in [-0.1, -0.05) is 0 Å². The van der Waals surface area contributed by atoms with Crippen molar-refractivity contribution in [2.24, 2.45) is 10.7 Å². The zero-order valence-electron chi connectivity index (χ0n) is 5.55. The van der Waals surface area contributed by atoms with Crippen LogP contribution in [0.5, 0.6) is 0 Å². The molecular formula is C5H10N2O2. The van der Waals surface area contributed by atoms with E-state index >= 15 is 0 Å². The number of nitrogens with two attached hydrogens (primary N) is 1. The molecule has 0 aliphatic carbocycles. The third-order valence-electron chi connectivity index (χ3n) is 0.752. The fraction of sp³-hybridized carbons (Fsp3) is 0.600. The van der Waals surface area contributed by atoms with Gasteiger partial charge in [0.05, 0.1) is 13.7 Å². The average Bonchev–Trinajstić information content (AvgIpc) is 1.87. The SMILES string of the molecule is CO/C(C)=N\C(=O)CN. The molecule has 4 nitrogen and oxygen atoms in total. The minimum absolute atomic E-state index is 0.0688. The van der Waals surface area contributed by atoms with Crippen molar-refractivity contribution in [1.29, 1.82) is 0 Å². The van der Waals surface area contributed by atoms with Crippen LogP contribution in [0.1, 0.15) is 6.92 Å². The summed E-state index contributed by atoms with van der Waals surface area (Å²) in [6, 6.07) is 0. The molecule has 4 heteroatoms. The molecular weight excluding hydrogens is 120 g/mol. The quantitative estimate of drug-likeness (QED) is 0.385. The first-order valence-electron chi connectivity index (χ1n) is 2.53. The predicted molar refractivity (Wildman–Crippen MR) is 34.2 cm³/mol. The Hall–Kier alpha value is -0.900. The molecule has 9 heavy (non-hydrogen) atoms. The van der Waals surface area contributed by atoms with Crippen LogP contribution >= 0.6 is 0 Å². The van der Waals surface area contributed by atoms with Crippen LogP contribution in [0.25, 0.3) is 0 Å². The number of rotatable bonds is 1. The second-order valence-corrected chi connectivity index (χ2v) is 1.43. The Morgan fingerprint density at radius 2 is 2.33 bits per heavy atom. The lowest BCUT2D eigenvalue weighted by atomic mass is 10.6. The minimum Gasteiger partial charge on any atom is -0.484 e. The van der Waals surface area contributed by atoms with Crippen molar-refractivity contribution in [3.63, 3.8) is 0 Å².